The average molecular weight is 300 g/mol. The molecule has 1 amide bonds. The number of amides is 1. The van der Waals surface area contributed by atoms with Crippen molar-refractivity contribution < 1.29 is 14.3 Å². The molecule has 1 aliphatic rings. The number of carbonyl (C=O) groups excluding carboxylic acids is 1. The van der Waals surface area contributed by atoms with Crippen LogP contribution < -0.4 is 0 Å². The third kappa shape index (κ3) is 3.49. The van der Waals surface area contributed by atoms with Crippen LogP contribution in [0.25, 0.3) is 0 Å². The van der Waals surface area contributed by atoms with Crippen LogP contribution in [0, 0.1) is 5.82 Å². The fourth-order valence-electron chi connectivity index (χ4n) is 2.40. The lowest BCUT2D eigenvalue weighted by atomic mass is 9.91. The van der Waals surface area contributed by atoms with Crippen molar-refractivity contribution in [3.63, 3.8) is 0 Å². The normalized spacial score (nSPS) is 14.9. The second-order valence-electron chi connectivity index (χ2n) is 5.13. The van der Waals surface area contributed by atoms with Gasteiger partial charge in [-0.25, -0.2) is 4.39 Å². The first-order valence-electron chi connectivity index (χ1n) is 6.96. The number of aliphatic hydroxyl groups is 1. The Kier molecular flexibility index (Phi) is 5.38. The van der Waals surface area contributed by atoms with Crippen LogP contribution in [0.2, 0.25) is 5.02 Å². The largest absolute Gasteiger partial charge is 0.396 e. The minimum absolute atomic E-state index is 0.0204. The molecule has 0 aromatic heterocycles. The van der Waals surface area contributed by atoms with Crippen LogP contribution in [0.3, 0.4) is 0 Å². The number of carbonyl (C=O) groups is 1. The molecule has 0 heterocycles. The Bertz CT molecular complexity index is 457. The van der Waals surface area contributed by atoms with Crippen molar-refractivity contribution in [2.45, 2.75) is 38.1 Å². The van der Waals surface area contributed by atoms with E-state index in [0.29, 0.717) is 13.0 Å². The number of hydrogen-bond acceptors (Lipinski definition) is 2. The minimum atomic E-state index is -0.443. The number of aliphatic hydroxyl groups excluding tert-OH is 1. The highest BCUT2D eigenvalue weighted by Gasteiger charge is 2.29. The Morgan fingerprint density at radius 3 is 2.75 bits per heavy atom. The van der Waals surface area contributed by atoms with Gasteiger partial charge in [-0.1, -0.05) is 17.7 Å². The first-order valence-corrected chi connectivity index (χ1v) is 7.34. The van der Waals surface area contributed by atoms with Crippen LogP contribution in [0.5, 0.6) is 0 Å². The maximum Gasteiger partial charge on any atom is 0.227 e. The van der Waals surface area contributed by atoms with Crippen LogP contribution in [-0.4, -0.2) is 35.1 Å². The average Bonchev–Trinajstić information content (AvgIpc) is 2.36. The predicted molar refractivity (Wildman–Crippen MR) is 76.2 cm³/mol. The molecule has 0 spiro atoms. The molecule has 0 saturated heterocycles. The Labute approximate surface area is 123 Å². The van der Waals surface area contributed by atoms with E-state index in [1.54, 1.807) is 11.0 Å². The van der Waals surface area contributed by atoms with Gasteiger partial charge in [0.15, 0.2) is 0 Å². The van der Waals surface area contributed by atoms with Crippen molar-refractivity contribution in [3.05, 3.63) is 34.6 Å². The quantitative estimate of drug-likeness (QED) is 0.877. The van der Waals surface area contributed by atoms with E-state index < -0.39 is 5.82 Å². The maximum atomic E-state index is 13.7. The van der Waals surface area contributed by atoms with Crippen molar-refractivity contribution in [2.24, 2.45) is 0 Å². The lowest BCUT2D eigenvalue weighted by Gasteiger charge is -2.37. The number of hydrogen-bond donors (Lipinski definition) is 1. The number of halogens is 2. The smallest absolute Gasteiger partial charge is 0.227 e. The number of benzene rings is 1. The summed E-state index contributed by atoms with van der Waals surface area (Å²) in [5, 5.41) is 9.21. The summed E-state index contributed by atoms with van der Waals surface area (Å²) in [5.41, 5.74) is 0.257. The molecule has 0 aliphatic heterocycles. The molecule has 2 rings (SSSR count). The van der Waals surface area contributed by atoms with Crippen molar-refractivity contribution in [1.82, 2.24) is 4.90 Å². The molecule has 5 heteroatoms. The van der Waals surface area contributed by atoms with E-state index in [2.05, 4.69) is 0 Å². The zero-order chi connectivity index (χ0) is 14.5. The van der Waals surface area contributed by atoms with Gasteiger partial charge in [0.25, 0.3) is 0 Å². The summed E-state index contributed by atoms with van der Waals surface area (Å²) in [4.78, 5) is 14.1. The molecular weight excluding hydrogens is 281 g/mol. The van der Waals surface area contributed by atoms with Crippen LogP contribution in [-0.2, 0) is 11.2 Å². The van der Waals surface area contributed by atoms with Gasteiger partial charge in [0.1, 0.15) is 5.82 Å². The molecule has 0 radical (unpaired) electrons. The highest BCUT2D eigenvalue weighted by Crippen LogP contribution is 2.27. The van der Waals surface area contributed by atoms with E-state index in [1.165, 1.54) is 12.1 Å². The molecule has 1 saturated carbocycles. The molecule has 0 bridgehead atoms. The Balaban J connectivity index is 2.07. The number of nitrogens with zero attached hydrogens (tertiary/aromatic N) is 1. The summed E-state index contributed by atoms with van der Waals surface area (Å²) in [6.45, 7) is 0.572. The predicted octanol–water partition coefficient (Wildman–Crippen LogP) is 2.79. The Morgan fingerprint density at radius 2 is 2.20 bits per heavy atom. The van der Waals surface area contributed by atoms with Crippen molar-refractivity contribution in [1.29, 1.82) is 0 Å². The zero-order valence-electron chi connectivity index (χ0n) is 11.3. The van der Waals surface area contributed by atoms with E-state index in [4.69, 9.17) is 16.7 Å². The van der Waals surface area contributed by atoms with Gasteiger partial charge in [0.2, 0.25) is 5.91 Å². The third-order valence-electron chi connectivity index (χ3n) is 3.78. The van der Waals surface area contributed by atoms with Gasteiger partial charge in [-0.05, 0) is 37.8 Å². The maximum absolute atomic E-state index is 13.7. The van der Waals surface area contributed by atoms with Gasteiger partial charge >= 0.3 is 0 Å². The molecule has 0 atom stereocenters. The molecule has 1 aliphatic carbocycles. The fraction of sp³-hybridized carbons (Fsp3) is 0.533. The van der Waals surface area contributed by atoms with E-state index in [1.807, 2.05) is 0 Å². The molecule has 3 nitrogen and oxygen atoms in total. The summed E-state index contributed by atoms with van der Waals surface area (Å²) in [5.74, 6) is -0.559. The highest BCUT2D eigenvalue weighted by molar-refractivity contribution is 6.31. The van der Waals surface area contributed by atoms with Crippen LogP contribution in [0.15, 0.2) is 18.2 Å². The minimum Gasteiger partial charge on any atom is -0.396 e. The highest BCUT2D eigenvalue weighted by atomic mass is 35.5. The van der Waals surface area contributed by atoms with Crippen LogP contribution in [0.4, 0.5) is 4.39 Å². The summed E-state index contributed by atoms with van der Waals surface area (Å²) < 4.78 is 13.7. The number of rotatable bonds is 6. The monoisotopic (exact) mass is 299 g/mol. The van der Waals surface area contributed by atoms with Gasteiger partial charge in [-0.3, -0.25) is 4.79 Å². The fourth-order valence-corrected chi connectivity index (χ4v) is 2.63. The Morgan fingerprint density at radius 1 is 1.45 bits per heavy atom. The molecule has 20 heavy (non-hydrogen) atoms. The molecule has 0 unspecified atom stereocenters. The van der Waals surface area contributed by atoms with Crippen molar-refractivity contribution >= 4 is 17.5 Å². The Hall–Kier alpha value is -1.13. The third-order valence-corrected chi connectivity index (χ3v) is 4.14. The van der Waals surface area contributed by atoms with Crippen molar-refractivity contribution in [2.75, 3.05) is 13.2 Å². The van der Waals surface area contributed by atoms with Crippen LogP contribution >= 0.6 is 11.6 Å². The van der Waals surface area contributed by atoms with Gasteiger partial charge in [0, 0.05) is 29.8 Å². The van der Waals surface area contributed by atoms with Gasteiger partial charge in [-0.2, -0.15) is 0 Å². The summed E-state index contributed by atoms with van der Waals surface area (Å²) >= 11 is 5.96. The molecule has 110 valence electrons. The van der Waals surface area contributed by atoms with E-state index in [9.17, 15) is 9.18 Å². The van der Waals surface area contributed by atoms with Crippen LogP contribution in [0.1, 0.15) is 31.2 Å². The molecular formula is C15H19ClFNO2. The summed E-state index contributed by atoms with van der Waals surface area (Å²) in [7, 11) is 0. The molecule has 1 aromatic rings. The van der Waals surface area contributed by atoms with Crippen molar-refractivity contribution in [3.8, 4) is 0 Å². The first-order chi connectivity index (χ1) is 9.63. The topological polar surface area (TPSA) is 40.5 Å². The molecule has 1 N–H and O–H groups in total. The SMILES string of the molecule is O=C(Cc1c(F)cccc1Cl)N(CCCO)C1CCC1. The van der Waals surface area contributed by atoms with Gasteiger partial charge < -0.3 is 10.0 Å². The standard InChI is InChI=1S/C15H19ClFNO2/c16-13-6-2-7-14(17)12(13)10-15(20)18(8-3-9-19)11-4-1-5-11/h2,6-7,11,19H,1,3-5,8-10H2. The van der Waals surface area contributed by atoms with E-state index in [-0.39, 0.29) is 35.6 Å². The van der Waals surface area contributed by atoms with Gasteiger partial charge in [-0.15, -0.1) is 0 Å². The summed E-state index contributed by atoms with van der Waals surface area (Å²) in [6, 6.07) is 4.67. The second kappa shape index (κ2) is 7.04. The molecule has 1 aromatic carbocycles. The first kappa shape index (κ1) is 15.3. The second-order valence-corrected chi connectivity index (χ2v) is 5.53. The lowest BCUT2D eigenvalue weighted by Crippen LogP contribution is -2.45. The zero-order valence-corrected chi connectivity index (χ0v) is 12.1. The van der Waals surface area contributed by atoms with E-state index in [0.717, 1.165) is 19.3 Å². The lowest BCUT2D eigenvalue weighted by molar-refractivity contribution is -0.134. The van der Waals surface area contributed by atoms with Gasteiger partial charge in [0.05, 0.1) is 6.42 Å². The van der Waals surface area contributed by atoms with E-state index >= 15 is 0 Å². The summed E-state index contributed by atoms with van der Waals surface area (Å²) in [6.07, 6.45) is 3.62. The molecule has 1 fully saturated rings.